The molecule has 0 N–H and O–H groups in total. The summed E-state index contributed by atoms with van der Waals surface area (Å²) in [5.74, 6) is 0.814. The molecule has 5 rings (SSSR count). The summed E-state index contributed by atoms with van der Waals surface area (Å²) in [5.41, 5.74) is 4.56. The molecular formula is C26H31N3O4S. The molecule has 1 spiro atoms. The molecule has 3 heterocycles. The molecule has 3 aromatic rings. The fourth-order valence-corrected chi connectivity index (χ4v) is 7.22. The first-order valence-electron chi connectivity index (χ1n) is 11.6. The average Bonchev–Trinajstić information content (AvgIpc) is 3.35. The topological polar surface area (TPSA) is 64.0 Å². The highest BCUT2D eigenvalue weighted by atomic mass is 32.2. The predicted octanol–water partition coefficient (Wildman–Crippen LogP) is 4.32. The Labute approximate surface area is 201 Å². The van der Waals surface area contributed by atoms with Gasteiger partial charge in [-0.25, -0.2) is 8.42 Å². The molecule has 1 saturated heterocycles. The first kappa shape index (κ1) is 22.8. The molecule has 0 bridgehead atoms. The standard InChI is InChI=1S/C26H31N3O4S/c1-5-29-22-17-19(2)8-10-21(22)28-14-6-7-25(28)26(29)12-15-27(16-13-26)34(30,31)24-18-20(32-3)9-11-23(24)33-4/h6-11,14,17-18H,5,12-13,15-16H2,1-4H3. The third-order valence-electron chi connectivity index (χ3n) is 7.28. The predicted molar refractivity (Wildman–Crippen MR) is 133 cm³/mol. The number of ether oxygens (including phenoxy) is 2. The van der Waals surface area contributed by atoms with Crippen molar-refractivity contribution in [3.8, 4) is 17.2 Å². The summed E-state index contributed by atoms with van der Waals surface area (Å²) >= 11 is 0. The molecule has 2 aliphatic heterocycles. The van der Waals surface area contributed by atoms with Crippen LogP contribution in [0.15, 0.2) is 59.6 Å². The summed E-state index contributed by atoms with van der Waals surface area (Å²) in [7, 11) is -0.731. The van der Waals surface area contributed by atoms with Crippen molar-refractivity contribution in [1.82, 2.24) is 8.87 Å². The molecule has 1 aromatic heterocycles. The molecule has 0 aliphatic carbocycles. The summed E-state index contributed by atoms with van der Waals surface area (Å²) in [5, 5.41) is 0. The first-order chi connectivity index (χ1) is 16.4. The Morgan fingerprint density at radius 1 is 0.971 bits per heavy atom. The third kappa shape index (κ3) is 3.31. The van der Waals surface area contributed by atoms with Gasteiger partial charge in [0, 0.05) is 37.6 Å². The largest absolute Gasteiger partial charge is 0.497 e. The SMILES string of the molecule is CCN1c2cc(C)ccc2-n2cccc2C12CCN(S(=O)(=O)c1cc(OC)ccc1OC)CC2. The van der Waals surface area contributed by atoms with Crippen molar-refractivity contribution in [2.45, 2.75) is 37.1 Å². The quantitative estimate of drug-likeness (QED) is 0.543. The van der Waals surface area contributed by atoms with Gasteiger partial charge in [0.05, 0.1) is 31.1 Å². The number of aryl methyl sites for hydroxylation is 1. The fraction of sp³-hybridized carbons (Fsp3) is 0.385. The number of nitrogens with zero attached hydrogens (tertiary/aromatic N) is 3. The van der Waals surface area contributed by atoms with E-state index in [1.807, 2.05) is 0 Å². The summed E-state index contributed by atoms with van der Waals surface area (Å²) in [6.45, 7) is 5.98. The lowest BCUT2D eigenvalue weighted by molar-refractivity contribution is 0.214. The molecule has 0 atom stereocenters. The minimum Gasteiger partial charge on any atom is -0.497 e. The number of anilines is 1. The van der Waals surface area contributed by atoms with E-state index in [1.165, 1.54) is 36.9 Å². The van der Waals surface area contributed by atoms with Gasteiger partial charge in [-0.15, -0.1) is 0 Å². The van der Waals surface area contributed by atoms with Crippen LogP contribution < -0.4 is 14.4 Å². The van der Waals surface area contributed by atoms with Gasteiger partial charge in [0.1, 0.15) is 16.4 Å². The minimum absolute atomic E-state index is 0.144. The van der Waals surface area contributed by atoms with Crippen LogP contribution in [0.2, 0.25) is 0 Å². The fourth-order valence-electron chi connectivity index (χ4n) is 5.61. The van der Waals surface area contributed by atoms with Crippen molar-refractivity contribution < 1.29 is 17.9 Å². The Hall–Kier alpha value is -2.97. The highest BCUT2D eigenvalue weighted by Gasteiger charge is 2.48. The maximum atomic E-state index is 13.7. The molecule has 34 heavy (non-hydrogen) atoms. The Kier molecular flexibility index (Phi) is 5.61. The van der Waals surface area contributed by atoms with Crippen LogP contribution in [0.5, 0.6) is 11.5 Å². The van der Waals surface area contributed by atoms with Gasteiger partial charge in [-0.3, -0.25) is 0 Å². The van der Waals surface area contributed by atoms with Crippen molar-refractivity contribution in [1.29, 1.82) is 0 Å². The van der Waals surface area contributed by atoms with E-state index in [0.29, 0.717) is 37.4 Å². The lowest BCUT2D eigenvalue weighted by Crippen LogP contribution is -2.56. The number of benzene rings is 2. The third-order valence-corrected chi connectivity index (χ3v) is 9.20. The van der Waals surface area contributed by atoms with E-state index < -0.39 is 10.0 Å². The molecule has 180 valence electrons. The van der Waals surface area contributed by atoms with Gasteiger partial charge in [0.25, 0.3) is 0 Å². The molecule has 0 radical (unpaired) electrons. The molecule has 0 unspecified atom stereocenters. The second-order valence-electron chi connectivity index (χ2n) is 8.95. The lowest BCUT2D eigenvalue weighted by Gasteiger charge is -2.52. The summed E-state index contributed by atoms with van der Waals surface area (Å²) in [4.78, 5) is 2.62. The van der Waals surface area contributed by atoms with E-state index in [0.717, 1.165) is 6.54 Å². The van der Waals surface area contributed by atoms with Crippen LogP contribution in [0.3, 0.4) is 0 Å². The zero-order valence-electron chi connectivity index (χ0n) is 20.1. The van der Waals surface area contributed by atoms with Gasteiger partial charge in [-0.2, -0.15) is 4.31 Å². The van der Waals surface area contributed by atoms with Gasteiger partial charge in [0.15, 0.2) is 0 Å². The number of hydrogen-bond acceptors (Lipinski definition) is 5. The van der Waals surface area contributed by atoms with Crippen molar-refractivity contribution in [3.05, 3.63) is 66.0 Å². The number of fused-ring (bicyclic) bond motifs is 4. The van der Waals surface area contributed by atoms with Gasteiger partial charge in [0.2, 0.25) is 10.0 Å². The minimum atomic E-state index is -3.75. The summed E-state index contributed by atoms with van der Waals surface area (Å²) < 4.78 is 41.9. The van der Waals surface area contributed by atoms with Crippen LogP contribution in [0.1, 0.15) is 31.0 Å². The van der Waals surface area contributed by atoms with E-state index in [-0.39, 0.29) is 10.4 Å². The number of hydrogen-bond donors (Lipinski definition) is 0. The smallest absolute Gasteiger partial charge is 0.246 e. The maximum Gasteiger partial charge on any atom is 0.246 e. The first-order valence-corrected chi connectivity index (χ1v) is 13.1. The average molecular weight is 482 g/mol. The van der Waals surface area contributed by atoms with Crippen LogP contribution in [-0.2, 0) is 15.6 Å². The Bertz CT molecular complexity index is 1320. The van der Waals surface area contributed by atoms with E-state index >= 15 is 0 Å². The zero-order chi connectivity index (χ0) is 24.1. The summed E-state index contributed by atoms with van der Waals surface area (Å²) in [6, 6.07) is 15.7. The molecule has 2 aromatic carbocycles. The molecule has 7 nitrogen and oxygen atoms in total. The molecule has 0 amide bonds. The molecule has 0 saturated carbocycles. The lowest BCUT2D eigenvalue weighted by atomic mass is 9.81. The number of aromatic nitrogens is 1. The molecular weight excluding hydrogens is 450 g/mol. The Balaban J connectivity index is 1.51. The Morgan fingerprint density at radius 2 is 1.74 bits per heavy atom. The van der Waals surface area contributed by atoms with E-state index in [1.54, 1.807) is 22.5 Å². The van der Waals surface area contributed by atoms with E-state index in [4.69, 9.17) is 9.47 Å². The van der Waals surface area contributed by atoms with Crippen LogP contribution in [0.25, 0.3) is 5.69 Å². The van der Waals surface area contributed by atoms with Gasteiger partial charge in [-0.1, -0.05) is 6.07 Å². The van der Waals surface area contributed by atoms with Crippen LogP contribution >= 0.6 is 0 Å². The highest BCUT2D eigenvalue weighted by Crippen LogP contribution is 2.49. The monoisotopic (exact) mass is 481 g/mol. The van der Waals surface area contributed by atoms with E-state index in [2.05, 4.69) is 59.8 Å². The number of rotatable bonds is 5. The second-order valence-corrected chi connectivity index (χ2v) is 10.9. The molecule has 8 heteroatoms. The van der Waals surface area contributed by atoms with Crippen LogP contribution in [0, 0.1) is 6.92 Å². The van der Waals surface area contributed by atoms with Crippen LogP contribution in [-0.4, -0.2) is 51.1 Å². The second kappa shape index (κ2) is 8.36. The van der Waals surface area contributed by atoms with Crippen molar-refractivity contribution >= 4 is 15.7 Å². The van der Waals surface area contributed by atoms with E-state index in [9.17, 15) is 8.42 Å². The highest BCUT2D eigenvalue weighted by molar-refractivity contribution is 7.89. The van der Waals surface area contributed by atoms with Gasteiger partial charge >= 0.3 is 0 Å². The van der Waals surface area contributed by atoms with Crippen LogP contribution in [0.4, 0.5) is 5.69 Å². The van der Waals surface area contributed by atoms with Crippen molar-refractivity contribution in [2.24, 2.45) is 0 Å². The zero-order valence-corrected chi connectivity index (χ0v) is 20.9. The van der Waals surface area contributed by atoms with Crippen molar-refractivity contribution in [2.75, 3.05) is 38.8 Å². The van der Waals surface area contributed by atoms with Gasteiger partial charge in [-0.05, 0) is 68.7 Å². The summed E-state index contributed by atoms with van der Waals surface area (Å²) in [6.07, 6.45) is 3.51. The Morgan fingerprint density at radius 3 is 2.41 bits per heavy atom. The van der Waals surface area contributed by atoms with Crippen molar-refractivity contribution in [3.63, 3.8) is 0 Å². The number of methoxy groups -OCH3 is 2. The van der Waals surface area contributed by atoms with Gasteiger partial charge < -0.3 is 18.9 Å². The maximum absolute atomic E-state index is 13.7. The molecule has 1 fully saturated rings. The normalized spacial score (nSPS) is 17.4. The number of piperidine rings is 1. The molecule has 2 aliphatic rings. The number of sulfonamides is 1.